The van der Waals surface area contributed by atoms with Gasteiger partial charge in [0.25, 0.3) is 0 Å². The number of pyridine rings is 1. The molecule has 1 fully saturated rings. The molecular formula is C23H24N4O3. The third kappa shape index (κ3) is 3.45. The van der Waals surface area contributed by atoms with Crippen molar-refractivity contribution in [3.05, 3.63) is 82.5 Å². The number of ether oxygens (including phenoxy) is 1. The van der Waals surface area contributed by atoms with Gasteiger partial charge in [0.1, 0.15) is 12.1 Å². The quantitative estimate of drug-likeness (QED) is 0.671. The van der Waals surface area contributed by atoms with Gasteiger partial charge in [-0.25, -0.2) is 4.68 Å². The lowest BCUT2D eigenvalue weighted by Gasteiger charge is -2.43. The van der Waals surface area contributed by atoms with Crippen LogP contribution >= 0.6 is 0 Å². The zero-order valence-corrected chi connectivity index (χ0v) is 16.7. The van der Waals surface area contributed by atoms with E-state index >= 15 is 0 Å². The number of benzene rings is 1. The summed E-state index contributed by atoms with van der Waals surface area (Å²) in [6.45, 7) is 2.19. The molecule has 0 aliphatic carbocycles. The Labute approximate surface area is 174 Å². The molecule has 7 heteroatoms. The molecule has 2 aliphatic rings. The van der Waals surface area contributed by atoms with Crippen LogP contribution in [0.2, 0.25) is 0 Å². The Kier molecular flexibility index (Phi) is 4.75. The van der Waals surface area contributed by atoms with Gasteiger partial charge in [-0.15, -0.1) is 0 Å². The fraction of sp³-hybridized carbons (Fsp3) is 0.348. The van der Waals surface area contributed by atoms with Gasteiger partial charge in [-0.3, -0.25) is 9.59 Å². The van der Waals surface area contributed by atoms with E-state index < -0.39 is 5.60 Å². The van der Waals surface area contributed by atoms with E-state index in [0.29, 0.717) is 19.7 Å². The molecule has 5 rings (SSSR count). The summed E-state index contributed by atoms with van der Waals surface area (Å²) < 4.78 is 9.97. The number of carbonyl (C=O) groups is 1. The molecule has 2 aromatic heterocycles. The topological polar surface area (TPSA) is 69.4 Å². The number of para-hydroxylation sites is 1. The molecule has 3 aromatic rings. The van der Waals surface area contributed by atoms with Crippen LogP contribution in [0.5, 0.6) is 0 Å². The number of aromatic nitrogens is 3. The highest BCUT2D eigenvalue weighted by atomic mass is 16.5. The molecule has 0 bridgehead atoms. The van der Waals surface area contributed by atoms with Crippen molar-refractivity contribution in [3.63, 3.8) is 0 Å². The summed E-state index contributed by atoms with van der Waals surface area (Å²) in [5.41, 5.74) is 2.82. The summed E-state index contributed by atoms with van der Waals surface area (Å²) in [6.07, 6.45) is 7.75. The number of rotatable bonds is 3. The van der Waals surface area contributed by atoms with Crippen molar-refractivity contribution < 1.29 is 9.53 Å². The van der Waals surface area contributed by atoms with E-state index in [9.17, 15) is 9.59 Å². The maximum Gasteiger partial charge on any atom is 0.242 e. The third-order valence-corrected chi connectivity index (χ3v) is 6.09. The average Bonchev–Trinajstić information content (AvgIpc) is 3.23. The number of piperidine rings is 1. The molecule has 1 spiro atoms. The predicted molar refractivity (Wildman–Crippen MR) is 111 cm³/mol. The molecule has 1 saturated heterocycles. The first-order valence-electron chi connectivity index (χ1n) is 10.4. The van der Waals surface area contributed by atoms with Crippen molar-refractivity contribution in [1.82, 2.24) is 19.2 Å². The molecule has 1 aromatic carbocycles. The maximum atomic E-state index is 12.7. The van der Waals surface area contributed by atoms with Crippen LogP contribution in [0.3, 0.4) is 0 Å². The standard InChI is InChI=1S/C23H24N4O3/c28-20-6-11-25(12-7-20)17-21(29)26-13-9-23(10-14-26)22-18(8-15-30-23)16-27(24-22)19-4-2-1-3-5-19/h1-7,11-12,16H,8-10,13-15,17H2. The minimum atomic E-state index is -0.415. The highest BCUT2D eigenvalue weighted by Gasteiger charge is 2.44. The van der Waals surface area contributed by atoms with Gasteiger partial charge in [0, 0.05) is 43.8 Å². The molecule has 30 heavy (non-hydrogen) atoms. The van der Waals surface area contributed by atoms with Gasteiger partial charge in [-0.05, 0) is 37.0 Å². The molecule has 0 N–H and O–H groups in total. The molecule has 154 valence electrons. The Balaban J connectivity index is 1.31. The molecule has 0 atom stereocenters. The Hall–Kier alpha value is -3.19. The van der Waals surface area contributed by atoms with Gasteiger partial charge in [0.2, 0.25) is 5.91 Å². The zero-order valence-electron chi connectivity index (χ0n) is 16.7. The molecule has 4 heterocycles. The van der Waals surface area contributed by atoms with Crippen LogP contribution < -0.4 is 5.43 Å². The average molecular weight is 404 g/mol. The van der Waals surface area contributed by atoms with Gasteiger partial charge in [-0.1, -0.05) is 18.2 Å². The Morgan fingerprint density at radius 3 is 2.53 bits per heavy atom. The Bertz CT molecular complexity index is 1090. The first-order valence-corrected chi connectivity index (χ1v) is 10.4. The minimum absolute atomic E-state index is 0.0550. The van der Waals surface area contributed by atoms with E-state index in [4.69, 9.17) is 9.84 Å². The van der Waals surface area contributed by atoms with Crippen molar-refractivity contribution >= 4 is 5.91 Å². The molecule has 0 saturated carbocycles. The number of amides is 1. The van der Waals surface area contributed by atoms with E-state index in [1.165, 1.54) is 17.7 Å². The summed E-state index contributed by atoms with van der Waals surface area (Å²) in [7, 11) is 0. The number of fused-ring (bicyclic) bond motifs is 2. The van der Waals surface area contributed by atoms with Crippen LogP contribution in [-0.2, 0) is 28.1 Å². The fourth-order valence-corrected chi connectivity index (χ4v) is 4.42. The molecule has 2 aliphatic heterocycles. The number of nitrogens with zero attached hydrogens (tertiary/aromatic N) is 4. The lowest BCUT2D eigenvalue weighted by molar-refractivity contribution is -0.141. The fourth-order valence-electron chi connectivity index (χ4n) is 4.42. The van der Waals surface area contributed by atoms with E-state index in [-0.39, 0.29) is 17.9 Å². The first kappa shape index (κ1) is 18.8. The number of hydrogen-bond acceptors (Lipinski definition) is 4. The Morgan fingerprint density at radius 2 is 1.80 bits per heavy atom. The largest absolute Gasteiger partial charge is 0.368 e. The maximum absolute atomic E-state index is 12.7. The highest BCUT2D eigenvalue weighted by Crippen LogP contribution is 2.41. The summed E-state index contributed by atoms with van der Waals surface area (Å²) in [5, 5.41) is 4.90. The molecule has 1 amide bonds. The van der Waals surface area contributed by atoms with Crippen molar-refractivity contribution in [2.45, 2.75) is 31.4 Å². The number of likely N-dealkylation sites (tertiary alicyclic amines) is 1. The van der Waals surface area contributed by atoms with Crippen molar-refractivity contribution in [2.75, 3.05) is 19.7 Å². The summed E-state index contributed by atoms with van der Waals surface area (Å²) in [4.78, 5) is 25.9. The second-order valence-electron chi connectivity index (χ2n) is 7.96. The first-order chi connectivity index (χ1) is 14.6. The van der Waals surface area contributed by atoms with Crippen LogP contribution in [0.15, 0.2) is 65.8 Å². The van der Waals surface area contributed by atoms with Crippen LogP contribution in [0.4, 0.5) is 0 Å². The lowest BCUT2D eigenvalue weighted by Crippen LogP contribution is -2.49. The van der Waals surface area contributed by atoms with Crippen LogP contribution in [0.25, 0.3) is 5.69 Å². The van der Waals surface area contributed by atoms with E-state index in [2.05, 4.69) is 6.20 Å². The summed E-state index contributed by atoms with van der Waals surface area (Å²) in [5.74, 6) is 0.0550. The second kappa shape index (κ2) is 7.57. The normalized spacial score (nSPS) is 17.7. The molecule has 0 radical (unpaired) electrons. The number of hydrogen-bond donors (Lipinski definition) is 0. The zero-order chi connectivity index (χ0) is 20.6. The van der Waals surface area contributed by atoms with Crippen molar-refractivity contribution in [1.29, 1.82) is 0 Å². The van der Waals surface area contributed by atoms with Gasteiger partial charge in [0.15, 0.2) is 5.43 Å². The SMILES string of the molecule is O=C(Cn1ccc(=O)cc1)N1CCC2(CC1)OCCc1cn(-c3ccccc3)nc12. The monoisotopic (exact) mass is 404 g/mol. The predicted octanol–water partition coefficient (Wildman–Crippen LogP) is 2.12. The Morgan fingerprint density at radius 1 is 1.07 bits per heavy atom. The van der Waals surface area contributed by atoms with Crippen LogP contribution in [0.1, 0.15) is 24.1 Å². The third-order valence-electron chi connectivity index (χ3n) is 6.09. The van der Waals surface area contributed by atoms with Gasteiger partial charge >= 0.3 is 0 Å². The van der Waals surface area contributed by atoms with Crippen molar-refractivity contribution in [3.8, 4) is 5.69 Å². The van der Waals surface area contributed by atoms with Crippen molar-refractivity contribution in [2.24, 2.45) is 0 Å². The van der Waals surface area contributed by atoms with E-state index in [1.54, 1.807) is 17.0 Å². The molecule has 7 nitrogen and oxygen atoms in total. The summed E-state index contributed by atoms with van der Waals surface area (Å²) in [6, 6.07) is 13.0. The smallest absolute Gasteiger partial charge is 0.242 e. The number of carbonyl (C=O) groups excluding carboxylic acids is 1. The van der Waals surface area contributed by atoms with Gasteiger partial charge < -0.3 is 14.2 Å². The van der Waals surface area contributed by atoms with E-state index in [1.807, 2.05) is 39.9 Å². The lowest BCUT2D eigenvalue weighted by atomic mass is 9.84. The highest BCUT2D eigenvalue weighted by molar-refractivity contribution is 5.76. The van der Waals surface area contributed by atoms with E-state index in [0.717, 1.165) is 30.6 Å². The molecular weight excluding hydrogens is 380 g/mol. The van der Waals surface area contributed by atoms with Gasteiger partial charge in [0.05, 0.1) is 18.0 Å². The second-order valence-corrected chi connectivity index (χ2v) is 7.96. The van der Waals surface area contributed by atoms with Crippen LogP contribution in [-0.4, -0.2) is 44.9 Å². The summed E-state index contributed by atoms with van der Waals surface area (Å²) >= 11 is 0. The minimum Gasteiger partial charge on any atom is -0.368 e. The van der Waals surface area contributed by atoms with Crippen LogP contribution in [0, 0.1) is 0 Å². The molecule has 0 unspecified atom stereocenters. The van der Waals surface area contributed by atoms with Gasteiger partial charge in [-0.2, -0.15) is 5.10 Å².